The third kappa shape index (κ3) is 9.13. The summed E-state index contributed by atoms with van der Waals surface area (Å²) in [6.45, 7) is 11.6. The molecule has 11 aromatic rings. The fraction of sp³-hybridized carbons (Fsp3) is 0.0882. The Morgan fingerprint density at radius 1 is 0.342 bits per heavy atom. The van der Waals surface area contributed by atoms with Crippen LogP contribution >= 0.6 is 0 Å². The second-order valence-corrected chi connectivity index (χ2v) is 25.1. The molecule has 0 spiro atoms. The minimum atomic E-state index is -2.70. The minimum Gasteiger partial charge on any atom is -0.275 e. The zero-order valence-electron chi connectivity index (χ0n) is 43.2. The van der Waals surface area contributed by atoms with Gasteiger partial charge < -0.3 is 0 Å². The molecule has 6 aromatic carbocycles. The highest BCUT2D eigenvalue weighted by Gasteiger charge is 2.45. The third-order valence-electron chi connectivity index (χ3n) is 14.4. The van der Waals surface area contributed by atoms with E-state index in [1.807, 2.05) is 54.9 Å². The topological polar surface area (TPSA) is 82.3 Å². The van der Waals surface area contributed by atoms with E-state index in [2.05, 4.69) is 226 Å². The van der Waals surface area contributed by atoms with E-state index >= 15 is 0 Å². The van der Waals surface area contributed by atoms with Crippen LogP contribution in [0.4, 0.5) is 0 Å². The molecule has 6 heterocycles. The molecule has 0 radical (unpaired) electrons. The fourth-order valence-electron chi connectivity index (χ4n) is 10.7. The molecule has 0 fully saturated rings. The van der Waals surface area contributed by atoms with E-state index in [1.54, 1.807) is 0 Å². The first-order valence-corrected chi connectivity index (χ1v) is 28.8. The van der Waals surface area contributed by atoms with E-state index in [1.165, 1.54) is 27.1 Å². The predicted molar refractivity (Wildman–Crippen MR) is 314 cm³/mol. The Bertz CT molecular complexity index is 3950. The molecule has 0 saturated carbocycles. The summed E-state index contributed by atoms with van der Waals surface area (Å²) in [5.41, 5.74) is 18.4. The monoisotopic (exact) mass is 997 g/mol. The van der Waals surface area contributed by atoms with Crippen LogP contribution in [-0.4, -0.2) is 42.8 Å². The van der Waals surface area contributed by atoms with Crippen LogP contribution in [0.25, 0.3) is 95.0 Å². The van der Waals surface area contributed by atoms with Crippen molar-refractivity contribution >= 4 is 29.6 Å². The number of benzene rings is 6. The van der Waals surface area contributed by atoms with Gasteiger partial charge in [-0.25, -0.2) is 9.97 Å². The first kappa shape index (κ1) is 47.7. The Hall–Kier alpha value is -9.24. The van der Waals surface area contributed by atoms with E-state index in [4.69, 9.17) is 30.1 Å². The highest BCUT2D eigenvalue weighted by atomic mass is 28.3. The number of allylic oxidation sites excluding steroid dienone is 2. The lowest BCUT2D eigenvalue weighted by molar-refractivity contribution is 0.590. The van der Waals surface area contributed by atoms with Crippen LogP contribution in [0.2, 0.25) is 13.1 Å². The van der Waals surface area contributed by atoms with Gasteiger partial charge in [-0.3, -0.25) is 14.5 Å². The quantitative estimate of drug-likeness (QED) is 0.120. The van der Waals surface area contributed by atoms with Crippen LogP contribution in [0.3, 0.4) is 0 Å². The summed E-state index contributed by atoms with van der Waals surface area (Å²) in [4.78, 5) is 20.4. The van der Waals surface area contributed by atoms with Gasteiger partial charge >= 0.3 is 0 Å². The summed E-state index contributed by atoms with van der Waals surface area (Å²) in [5, 5.41) is 12.4. The second kappa shape index (κ2) is 19.9. The average molecular weight is 998 g/mol. The zero-order chi connectivity index (χ0) is 51.8. The Morgan fingerprint density at radius 3 is 1.29 bits per heavy atom. The molecule has 7 nitrogen and oxygen atoms in total. The molecule has 0 atom stereocenters. The highest BCUT2D eigenvalue weighted by Crippen LogP contribution is 2.55. The molecule has 366 valence electrons. The van der Waals surface area contributed by atoms with Crippen molar-refractivity contribution in [1.82, 2.24) is 34.7 Å². The molecule has 8 heteroatoms. The molecule has 0 saturated heterocycles. The van der Waals surface area contributed by atoms with Crippen molar-refractivity contribution in [3.05, 3.63) is 271 Å². The molecular formula is C68H55N7Si. The number of nitrogens with zero attached hydrogens (tertiary/aromatic N) is 7. The third-order valence-corrected chi connectivity index (χ3v) is 18.0. The van der Waals surface area contributed by atoms with Crippen LogP contribution in [0.1, 0.15) is 48.8 Å². The van der Waals surface area contributed by atoms with Crippen LogP contribution in [0.15, 0.2) is 243 Å². The Balaban J connectivity index is 1.04. The maximum Gasteiger partial charge on any atom is 0.168 e. The van der Waals surface area contributed by atoms with Crippen LogP contribution in [0, 0.1) is 0 Å². The molecule has 0 N–H and O–H groups in total. The molecule has 0 unspecified atom stereocenters. The molecule has 0 bridgehead atoms. The second-order valence-electron chi connectivity index (χ2n) is 20.8. The highest BCUT2D eigenvalue weighted by molar-refractivity contribution is 7.13. The molecule has 1 aliphatic heterocycles. The van der Waals surface area contributed by atoms with E-state index < -0.39 is 8.07 Å². The van der Waals surface area contributed by atoms with Gasteiger partial charge in [0.05, 0.1) is 34.2 Å². The number of rotatable bonds is 11. The zero-order valence-corrected chi connectivity index (χ0v) is 44.2. The largest absolute Gasteiger partial charge is 0.275 e. The van der Waals surface area contributed by atoms with Crippen molar-refractivity contribution in [3.8, 4) is 73.5 Å². The first-order chi connectivity index (χ1) is 37.1. The first-order valence-electron chi connectivity index (χ1n) is 25.8. The van der Waals surface area contributed by atoms with Crippen molar-refractivity contribution in [2.45, 2.75) is 39.3 Å². The summed E-state index contributed by atoms with van der Waals surface area (Å²) in [7, 11) is -2.70. The molecule has 0 amide bonds. The molecule has 0 aliphatic carbocycles. The average Bonchev–Trinajstić information content (AvgIpc) is 4.03. The summed E-state index contributed by atoms with van der Waals surface area (Å²) < 4.78 is 2.21. The summed E-state index contributed by atoms with van der Waals surface area (Å²) >= 11 is 0. The van der Waals surface area contributed by atoms with Gasteiger partial charge in [-0.15, -0.1) is 10.2 Å². The fourth-order valence-corrected chi connectivity index (χ4v) is 14.3. The normalized spacial score (nSPS) is 13.3. The van der Waals surface area contributed by atoms with Gasteiger partial charge in [0, 0.05) is 29.2 Å². The Kier molecular flexibility index (Phi) is 12.5. The van der Waals surface area contributed by atoms with Crippen molar-refractivity contribution in [1.29, 1.82) is 0 Å². The van der Waals surface area contributed by atoms with E-state index in [9.17, 15) is 0 Å². The summed E-state index contributed by atoms with van der Waals surface area (Å²) in [6, 6.07) is 81.1. The standard InChI is InChI=1S/C68H55N7Si/c1-68(2,3)54-40-38-50(39-41-54)67-74-73-66(49-36-34-47(35-37-49)46-20-8-6-9-21-46)75(67)55-27-17-25-52(45-55)51-24-16-26-53(44-51)63-62(48-22-10-7-11-23-48)64(60-32-18-30-58(71-60)56-28-12-14-42-69-56)76(4,5)65(63)61-33-19-31-59(72-61)57-29-13-15-43-70-57/h6-45H,1-5H3. The SMILES string of the molecule is CC(C)(C)c1ccc(-c2nnc(-c3ccc(-c4ccccc4)cc3)n2-c2cccc(-c3cccc(C4=C(c5cccc(-c6ccccn6)n5)[Si](C)(C)C(c5cccc(-c6ccccn6)n5)=C4c4ccccc4)c3)c2)cc1. The minimum absolute atomic E-state index is 0.00936. The lowest BCUT2D eigenvalue weighted by Crippen LogP contribution is -2.29. The molecular weight excluding hydrogens is 943 g/mol. The van der Waals surface area contributed by atoms with Gasteiger partial charge in [-0.05, 0) is 133 Å². The maximum absolute atomic E-state index is 5.48. The van der Waals surface area contributed by atoms with Gasteiger partial charge in [0.2, 0.25) is 0 Å². The maximum atomic E-state index is 5.48. The number of hydrogen-bond donors (Lipinski definition) is 0. The van der Waals surface area contributed by atoms with Crippen molar-refractivity contribution < 1.29 is 0 Å². The van der Waals surface area contributed by atoms with Gasteiger partial charge in [0.15, 0.2) is 11.6 Å². The Labute approximate surface area is 445 Å². The van der Waals surface area contributed by atoms with Gasteiger partial charge in [-0.2, -0.15) is 0 Å². The molecule has 76 heavy (non-hydrogen) atoms. The van der Waals surface area contributed by atoms with Crippen molar-refractivity contribution in [2.24, 2.45) is 0 Å². The summed E-state index contributed by atoms with van der Waals surface area (Å²) in [6.07, 6.45) is 3.66. The van der Waals surface area contributed by atoms with Crippen molar-refractivity contribution in [2.75, 3.05) is 0 Å². The lowest BCUT2D eigenvalue weighted by Gasteiger charge is -2.25. The number of pyridine rings is 4. The number of aromatic nitrogens is 7. The van der Waals surface area contributed by atoms with Crippen molar-refractivity contribution in [3.63, 3.8) is 0 Å². The smallest absolute Gasteiger partial charge is 0.168 e. The Morgan fingerprint density at radius 2 is 0.750 bits per heavy atom. The van der Waals surface area contributed by atoms with Gasteiger partial charge in [0.1, 0.15) is 8.07 Å². The molecule has 1 aliphatic rings. The van der Waals surface area contributed by atoms with Gasteiger partial charge in [-0.1, -0.05) is 198 Å². The van der Waals surface area contributed by atoms with E-state index in [-0.39, 0.29) is 5.41 Å². The number of hydrogen-bond acceptors (Lipinski definition) is 6. The summed E-state index contributed by atoms with van der Waals surface area (Å²) in [5.74, 6) is 1.53. The van der Waals surface area contributed by atoms with Gasteiger partial charge in [0.25, 0.3) is 0 Å². The molecule has 5 aromatic heterocycles. The van der Waals surface area contributed by atoms with Crippen LogP contribution in [-0.2, 0) is 5.41 Å². The molecule has 12 rings (SSSR count). The van der Waals surface area contributed by atoms with Crippen LogP contribution < -0.4 is 0 Å². The van der Waals surface area contributed by atoms with E-state index in [0.29, 0.717) is 0 Å². The van der Waals surface area contributed by atoms with Crippen LogP contribution in [0.5, 0.6) is 0 Å². The van der Waals surface area contributed by atoms with E-state index in [0.717, 1.165) is 96.0 Å². The lowest BCUT2D eigenvalue weighted by atomic mass is 9.86. The predicted octanol–water partition coefficient (Wildman–Crippen LogP) is 16.5.